The van der Waals surface area contributed by atoms with E-state index in [2.05, 4.69) is 54.8 Å². The summed E-state index contributed by atoms with van der Waals surface area (Å²) in [6.07, 6.45) is 2.28. The molecule has 0 radical (unpaired) electrons. The zero-order valence-corrected chi connectivity index (χ0v) is 29.3. The number of hydrogen-bond acceptors (Lipinski definition) is 9. The molecule has 0 amide bonds. The van der Waals surface area contributed by atoms with Gasteiger partial charge in [0.2, 0.25) is 10.0 Å². The van der Waals surface area contributed by atoms with Crippen LogP contribution < -0.4 is 5.32 Å². The van der Waals surface area contributed by atoms with Crippen molar-refractivity contribution in [3.05, 3.63) is 52.3 Å². The molecule has 1 N–H and O–H groups in total. The van der Waals surface area contributed by atoms with Crippen molar-refractivity contribution < 1.29 is 21.6 Å². The molecule has 0 saturated carbocycles. The topological polar surface area (TPSA) is 110 Å². The molecule has 0 spiro atoms. The van der Waals surface area contributed by atoms with E-state index < -0.39 is 22.6 Å². The number of thiophene rings is 1. The van der Waals surface area contributed by atoms with E-state index in [1.54, 1.807) is 10.4 Å². The van der Waals surface area contributed by atoms with Gasteiger partial charge in [-0.1, -0.05) is 12.5 Å². The maximum absolute atomic E-state index is 13.0. The minimum atomic E-state index is -4.26. The Morgan fingerprint density at radius 1 is 1.06 bits per heavy atom. The van der Waals surface area contributed by atoms with Crippen LogP contribution >= 0.6 is 11.3 Å². The van der Waals surface area contributed by atoms with Crippen LogP contribution in [0, 0.1) is 18.3 Å². The molecule has 10 nitrogen and oxygen atoms in total. The zero-order chi connectivity index (χ0) is 34.5. The molecule has 3 aliphatic heterocycles. The Kier molecular flexibility index (Phi) is 9.38. The number of fused-ring (bicyclic) bond motifs is 3. The van der Waals surface area contributed by atoms with E-state index in [0.717, 1.165) is 74.0 Å². The average molecular weight is 715 g/mol. The number of piperidine rings is 2. The fraction of sp³-hybridized carbons (Fsp3) is 0.559. The standard InChI is InChI=1S/C34H41F3N8O2S2/c1-22-23(18-42-10-8-24(9-11-42)41-32-30-15-28(16-34(35,36)37)48-33(30)40-21-39-32)6-7-31-29(22)14-27(17-38)45(31)20-26-5-3-4-25-19-43(49(2,46)47)12-13-44(25)26/h6-7,14-15,21,24-26H,3-5,8-13,16,18-20H2,1-2H3,(H,39,40,41). The normalized spacial score (nSPS) is 22.0. The quantitative estimate of drug-likeness (QED) is 0.255. The molecule has 6 heterocycles. The number of piperazine rings is 1. The van der Waals surface area contributed by atoms with Crippen LogP contribution in [0.4, 0.5) is 19.0 Å². The van der Waals surface area contributed by atoms with Gasteiger partial charge >= 0.3 is 6.18 Å². The molecule has 3 fully saturated rings. The van der Waals surface area contributed by atoms with Gasteiger partial charge in [0.1, 0.15) is 28.7 Å². The number of benzene rings is 1. The van der Waals surface area contributed by atoms with Crippen LogP contribution in [-0.4, -0.2) is 100 Å². The number of likely N-dealkylation sites (tertiary alicyclic amines) is 1. The Morgan fingerprint density at radius 2 is 1.86 bits per heavy atom. The number of nitriles is 1. The second-order valence-electron chi connectivity index (χ2n) is 13.8. The number of anilines is 1. The van der Waals surface area contributed by atoms with E-state index in [4.69, 9.17) is 0 Å². The van der Waals surface area contributed by atoms with Gasteiger partial charge in [0, 0.05) is 79.7 Å². The summed E-state index contributed by atoms with van der Waals surface area (Å²) in [5.41, 5.74) is 4.10. The number of rotatable bonds is 8. The molecule has 262 valence electrons. The van der Waals surface area contributed by atoms with Crippen molar-refractivity contribution in [3.63, 3.8) is 0 Å². The first-order valence-electron chi connectivity index (χ1n) is 16.9. The van der Waals surface area contributed by atoms with Gasteiger partial charge < -0.3 is 9.88 Å². The number of nitrogens with one attached hydrogen (secondary N) is 1. The summed E-state index contributed by atoms with van der Waals surface area (Å²) in [4.78, 5) is 14.2. The fourth-order valence-corrected chi connectivity index (χ4v) is 9.88. The molecule has 2 atom stereocenters. The van der Waals surface area contributed by atoms with E-state index in [9.17, 15) is 26.9 Å². The minimum Gasteiger partial charge on any atom is -0.367 e. The molecule has 2 unspecified atom stereocenters. The van der Waals surface area contributed by atoms with Gasteiger partial charge in [0.15, 0.2) is 0 Å². The second kappa shape index (κ2) is 13.4. The summed E-state index contributed by atoms with van der Waals surface area (Å²) in [5, 5.41) is 15.3. The second-order valence-corrected chi connectivity index (χ2v) is 16.9. The Bertz CT molecular complexity index is 2000. The number of aromatic nitrogens is 3. The third-order valence-corrected chi connectivity index (χ3v) is 12.9. The molecule has 3 saturated heterocycles. The third-order valence-electron chi connectivity index (χ3n) is 10.6. The molecule has 3 aromatic heterocycles. The van der Waals surface area contributed by atoms with Gasteiger partial charge in [-0.05, 0) is 61.9 Å². The lowest BCUT2D eigenvalue weighted by atomic mass is 9.93. The highest BCUT2D eigenvalue weighted by atomic mass is 32.2. The van der Waals surface area contributed by atoms with Crippen LogP contribution in [-0.2, 0) is 29.5 Å². The molecule has 3 aliphatic rings. The van der Waals surface area contributed by atoms with Crippen LogP contribution in [0.1, 0.15) is 53.8 Å². The molecule has 0 aliphatic carbocycles. The van der Waals surface area contributed by atoms with Crippen molar-refractivity contribution in [2.75, 3.05) is 44.3 Å². The van der Waals surface area contributed by atoms with Gasteiger partial charge in [-0.25, -0.2) is 18.4 Å². The van der Waals surface area contributed by atoms with E-state index in [1.807, 2.05) is 6.07 Å². The van der Waals surface area contributed by atoms with Crippen LogP contribution in [0.25, 0.3) is 21.1 Å². The zero-order valence-electron chi connectivity index (χ0n) is 27.7. The molecule has 1 aromatic carbocycles. The summed E-state index contributed by atoms with van der Waals surface area (Å²) in [7, 11) is -3.21. The van der Waals surface area contributed by atoms with E-state index in [1.165, 1.54) is 23.7 Å². The molecular formula is C34H41F3N8O2S2. The maximum Gasteiger partial charge on any atom is 0.393 e. The van der Waals surface area contributed by atoms with Crippen molar-refractivity contribution >= 4 is 48.3 Å². The monoisotopic (exact) mass is 714 g/mol. The smallest absolute Gasteiger partial charge is 0.367 e. The van der Waals surface area contributed by atoms with Gasteiger partial charge in [0.05, 0.1) is 18.1 Å². The Balaban J connectivity index is 1.00. The lowest BCUT2D eigenvalue weighted by Gasteiger charge is -2.47. The molecule has 15 heteroatoms. The van der Waals surface area contributed by atoms with Crippen molar-refractivity contribution in [1.29, 1.82) is 5.26 Å². The van der Waals surface area contributed by atoms with Crippen LogP contribution in [0.15, 0.2) is 30.6 Å². The van der Waals surface area contributed by atoms with Gasteiger partial charge in [-0.3, -0.25) is 9.80 Å². The summed E-state index contributed by atoms with van der Waals surface area (Å²) >= 11 is 1.06. The van der Waals surface area contributed by atoms with E-state index in [-0.39, 0.29) is 23.0 Å². The molecule has 7 rings (SSSR count). The maximum atomic E-state index is 13.0. The van der Waals surface area contributed by atoms with E-state index in [0.29, 0.717) is 47.9 Å². The molecule has 4 aromatic rings. The lowest BCUT2D eigenvalue weighted by molar-refractivity contribution is -0.126. The summed E-state index contributed by atoms with van der Waals surface area (Å²) < 4.78 is 67.1. The highest BCUT2D eigenvalue weighted by Crippen LogP contribution is 2.34. The summed E-state index contributed by atoms with van der Waals surface area (Å²) in [6, 6.07) is 10.9. The van der Waals surface area contributed by atoms with Crippen molar-refractivity contribution in [3.8, 4) is 6.07 Å². The SMILES string of the molecule is Cc1c(CN2CCC(Nc3ncnc4sc(CC(F)(F)F)cc34)CC2)ccc2c1cc(C#N)n2CC1CCCC2CN(S(C)(=O)=O)CCN21. The van der Waals surface area contributed by atoms with Gasteiger partial charge in [0.25, 0.3) is 0 Å². The van der Waals surface area contributed by atoms with Crippen molar-refractivity contribution in [1.82, 2.24) is 28.6 Å². The van der Waals surface area contributed by atoms with Crippen LogP contribution in [0.2, 0.25) is 0 Å². The molecular weight excluding hydrogens is 674 g/mol. The van der Waals surface area contributed by atoms with Gasteiger partial charge in [-0.2, -0.15) is 22.7 Å². The highest BCUT2D eigenvalue weighted by molar-refractivity contribution is 7.88. The first kappa shape index (κ1) is 34.2. The number of halogens is 3. The first-order valence-corrected chi connectivity index (χ1v) is 19.5. The fourth-order valence-electron chi connectivity index (χ4n) is 8.00. The van der Waals surface area contributed by atoms with E-state index >= 15 is 0 Å². The molecule has 49 heavy (non-hydrogen) atoms. The number of aryl methyl sites for hydroxylation is 1. The lowest BCUT2D eigenvalue weighted by Crippen LogP contribution is -2.59. The summed E-state index contributed by atoms with van der Waals surface area (Å²) in [6.45, 7) is 7.11. The number of nitrogens with zero attached hydrogens (tertiary/aromatic N) is 7. The predicted octanol–water partition coefficient (Wildman–Crippen LogP) is 5.51. The van der Waals surface area contributed by atoms with Gasteiger partial charge in [-0.15, -0.1) is 11.3 Å². The van der Waals surface area contributed by atoms with Crippen LogP contribution in [0.3, 0.4) is 0 Å². The largest absolute Gasteiger partial charge is 0.393 e. The Hall–Kier alpha value is -3.29. The van der Waals surface area contributed by atoms with Crippen molar-refractivity contribution in [2.45, 2.75) is 82.8 Å². The highest BCUT2D eigenvalue weighted by Gasteiger charge is 2.38. The average Bonchev–Trinajstić information content (AvgIpc) is 3.63. The number of alkyl halides is 3. The third kappa shape index (κ3) is 7.30. The minimum absolute atomic E-state index is 0.157. The Morgan fingerprint density at radius 3 is 2.59 bits per heavy atom. The summed E-state index contributed by atoms with van der Waals surface area (Å²) in [5.74, 6) is 0.590. The Labute approximate surface area is 288 Å². The van der Waals surface area contributed by atoms with Crippen LogP contribution in [0.5, 0.6) is 0 Å². The first-order chi connectivity index (χ1) is 23.4. The number of sulfonamides is 1. The number of hydrogen-bond donors (Lipinski definition) is 1. The van der Waals surface area contributed by atoms with Crippen molar-refractivity contribution in [2.24, 2.45) is 0 Å². The molecule has 0 bridgehead atoms. The predicted molar refractivity (Wildman–Crippen MR) is 185 cm³/mol.